The number of rotatable bonds is 3. The van der Waals surface area contributed by atoms with Crippen LogP contribution in [0.3, 0.4) is 0 Å². The predicted molar refractivity (Wildman–Crippen MR) is 95.4 cm³/mol. The van der Waals surface area contributed by atoms with Crippen molar-refractivity contribution in [2.45, 2.75) is 19.9 Å². The summed E-state index contributed by atoms with van der Waals surface area (Å²) in [4.78, 5) is 27.7. The SMILES string of the molecule is CC(=O)N1CCc2cc(C(=O)N(C)Cc3ccccc3Cl)ccc21. The maximum Gasteiger partial charge on any atom is 0.253 e. The van der Waals surface area contributed by atoms with Crippen molar-refractivity contribution in [3.63, 3.8) is 0 Å². The first kappa shape index (κ1) is 16.5. The molecule has 4 nitrogen and oxygen atoms in total. The topological polar surface area (TPSA) is 40.6 Å². The maximum absolute atomic E-state index is 12.7. The van der Waals surface area contributed by atoms with Crippen molar-refractivity contribution in [3.8, 4) is 0 Å². The van der Waals surface area contributed by atoms with Crippen molar-refractivity contribution in [2.24, 2.45) is 0 Å². The Morgan fingerprint density at radius 1 is 1.21 bits per heavy atom. The Kier molecular flexibility index (Phi) is 4.58. The number of halogens is 1. The van der Waals surface area contributed by atoms with Gasteiger partial charge in [-0.3, -0.25) is 9.59 Å². The molecule has 0 unspecified atom stereocenters. The molecule has 0 atom stereocenters. The van der Waals surface area contributed by atoms with Crippen LogP contribution in [0.4, 0.5) is 5.69 Å². The van der Waals surface area contributed by atoms with Gasteiger partial charge in [-0.1, -0.05) is 29.8 Å². The van der Waals surface area contributed by atoms with Crippen LogP contribution in [-0.4, -0.2) is 30.3 Å². The normalized spacial score (nSPS) is 12.9. The first-order valence-corrected chi connectivity index (χ1v) is 8.25. The highest BCUT2D eigenvalue weighted by atomic mass is 35.5. The van der Waals surface area contributed by atoms with Crippen LogP contribution >= 0.6 is 11.6 Å². The molecule has 0 bridgehead atoms. The third-order valence-corrected chi connectivity index (χ3v) is 4.68. The van der Waals surface area contributed by atoms with Gasteiger partial charge in [-0.15, -0.1) is 0 Å². The number of hydrogen-bond donors (Lipinski definition) is 0. The summed E-state index contributed by atoms with van der Waals surface area (Å²) in [7, 11) is 1.76. The molecule has 0 aliphatic carbocycles. The standard InChI is InChI=1S/C19H19ClN2O2/c1-13(23)22-10-9-14-11-15(7-8-18(14)22)19(24)21(2)12-16-5-3-4-6-17(16)20/h3-8,11H,9-10,12H2,1-2H3. The van der Waals surface area contributed by atoms with Gasteiger partial charge in [0.15, 0.2) is 0 Å². The zero-order valence-corrected chi connectivity index (χ0v) is 14.5. The van der Waals surface area contributed by atoms with E-state index < -0.39 is 0 Å². The van der Waals surface area contributed by atoms with Gasteiger partial charge in [0, 0.05) is 43.3 Å². The van der Waals surface area contributed by atoms with E-state index in [9.17, 15) is 9.59 Å². The number of anilines is 1. The number of benzene rings is 2. The highest BCUT2D eigenvalue weighted by Gasteiger charge is 2.23. The van der Waals surface area contributed by atoms with Gasteiger partial charge < -0.3 is 9.80 Å². The molecule has 0 aromatic heterocycles. The van der Waals surface area contributed by atoms with E-state index in [0.717, 1.165) is 23.2 Å². The van der Waals surface area contributed by atoms with Crippen molar-refractivity contribution in [2.75, 3.05) is 18.5 Å². The second kappa shape index (κ2) is 6.65. The highest BCUT2D eigenvalue weighted by Crippen LogP contribution is 2.29. The summed E-state index contributed by atoms with van der Waals surface area (Å²) in [6, 6.07) is 13.1. The molecule has 2 aromatic carbocycles. The van der Waals surface area contributed by atoms with Crippen LogP contribution in [0.25, 0.3) is 0 Å². The van der Waals surface area contributed by atoms with Crippen LogP contribution in [0, 0.1) is 0 Å². The molecule has 1 aliphatic rings. The fourth-order valence-electron chi connectivity index (χ4n) is 3.04. The van der Waals surface area contributed by atoms with E-state index in [1.807, 2.05) is 36.4 Å². The van der Waals surface area contributed by atoms with E-state index >= 15 is 0 Å². The van der Waals surface area contributed by atoms with Crippen LogP contribution in [0.2, 0.25) is 5.02 Å². The lowest BCUT2D eigenvalue weighted by Crippen LogP contribution is -2.27. The number of fused-ring (bicyclic) bond motifs is 1. The monoisotopic (exact) mass is 342 g/mol. The molecule has 1 heterocycles. The summed E-state index contributed by atoms with van der Waals surface area (Å²) in [5.74, 6) is -0.0253. The molecule has 0 radical (unpaired) electrons. The van der Waals surface area contributed by atoms with Gasteiger partial charge in [0.05, 0.1) is 0 Å². The average molecular weight is 343 g/mol. The highest BCUT2D eigenvalue weighted by molar-refractivity contribution is 6.31. The van der Waals surface area contributed by atoms with Crippen molar-refractivity contribution in [1.29, 1.82) is 0 Å². The van der Waals surface area contributed by atoms with Gasteiger partial charge in [0.2, 0.25) is 5.91 Å². The fourth-order valence-corrected chi connectivity index (χ4v) is 3.23. The van der Waals surface area contributed by atoms with Gasteiger partial charge >= 0.3 is 0 Å². The molecule has 0 saturated carbocycles. The van der Waals surface area contributed by atoms with Gasteiger partial charge in [-0.2, -0.15) is 0 Å². The maximum atomic E-state index is 12.7. The Bertz CT molecular complexity index is 804. The molecule has 1 aliphatic heterocycles. The second-order valence-electron chi connectivity index (χ2n) is 6.02. The summed E-state index contributed by atoms with van der Waals surface area (Å²) in [6.07, 6.45) is 0.782. The minimum Gasteiger partial charge on any atom is -0.337 e. The lowest BCUT2D eigenvalue weighted by Gasteiger charge is -2.19. The molecule has 2 amide bonds. The number of amides is 2. The molecular formula is C19H19ClN2O2. The summed E-state index contributed by atoms with van der Waals surface area (Å²) >= 11 is 6.17. The molecule has 0 N–H and O–H groups in total. The zero-order chi connectivity index (χ0) is 17.3. The lowest BCUT2D eigenvalue weighted by molar-refractivity contribution is -0.116. The van der Waals surface area contributed by atoms with Gasteiger partial charge in [-0.25, -0.2) is 0 Å². The quantitative estimate of drug-likeness (QED) is 0.856. The molecule has 0 spiro atoms. The number of carbonyl (C=O) groups is 2. The molecule has 2 aromatic rings. The summed E-state index contributed by atoms with van der Waals surface area (Å²) in [5, 5.41) is 0.656. The number of carbonyl (C=O) groups excluding carboxylic acids is 2. The first-order chi connectivity index (χ1) is 11.5. The van der Waals surface area contributed by atoms with E-state index in [4.69, 9.17) is 11.6 Å². The number of nitrogens with zero attached hydrogens (tertiary/aromatic N) is 2. The van der Waals surface area contributed by atoms with E-state index in [-0.39, 0.29) is 11.8 Å². The molecular weight excluding hydrogens is 324 g/mol. The van der Waals surface area contributed by atoms with Crippen LogP contribution in [0.1, 0.15) is 28.4 Å². The Labute approximate surface area is 146 Å². The minimum atomic E-state index is -0.0565. The van der Waals surface area contributed by atoms with Crippen LogP contribution in [0.5, 0.6) is 0 Å². The van der Waals surface area contributed by atoms with Crippen molar-refractivity contribution in [3.05, 3.63) is 64.2 Å². The van der Waals surface area contributed by atoms with Gasteiger partial charge in [-0.05, 0) is 41.8 Å². The molecule has 24 heavy (non-hydrogen) atoms. The van der Waals surface area contributed by atoms with Gasteiger partial charge in [0.25, 0.3) is 5.91 Å². The largest absolute Gasteiger partial charge is 0.337 e. The average Bonchev–Trinajstić information content (AvgIpc) is 2.99. The molecule has 0 fully saturated rings. The fraction of sp³-hybridized carbons (Fsp3) is 0.263. The molecule has 124 valence electrons. The van der Waals surface area contributed by atoms with Crippen molar-refractivity contribution >= 4 is 29.1 Å². The Balaban J connectivity index is 1.78. The first-order valence-electron chi connectivity index (χ1n) is 7.87. The Morgan fingerprint density at radius 3 is 2.67 bits per heavy atom. The zero-order valence-electron chi connectivity index (χ0n) is 13.8. The third-order valence-electron chi connectivity index (χ3n) is 4.31. The smallest absolute Gasteiger partial charge is 0.253 e. The summed E-state index contributed by atoms with van der Waals surface area (Å²) < 4.78 is 0. The van der Waals surface area contributed by atoms with E-state index in [0.29, 0.717) is 23.7 Å². The Morgan fingerprint density at radius 2 is 1.96 bits per heavy atom. The van der Waals surface area contributed by atoms with Gasteiger partial charge in [0.1, 0.15) is 0 Å². The van der Waals surface area contributed by atoms with Crippen LogP contribution < -0.4 is 4.90 Å². The Hall–Kier alpha value is -2.33. The predicted octanol–water partition coefficient (Wildman–Crippen LogP) is 3.52. The van der Waals surface area contributed by atoms with Crippen molar-refractivity contribution in [1.82, 2.24) is 4.90 Å². The third kappa shape index (κ3) is 3.15. The summed E-state index contributed by atoms with van der Waals surface area (Å²) in [5.41, 5.74) is 3.50. The molecule has 0 saturated heterocycles. The second-order valence-corrected chi connectivity index (χ2v) is 6.42. The number of hydrogen-bond acceptors (Lipinski definition) is 2. The summed E-state index contributed by atoms with van der Waals surface area (Å²) in [6.45, 7) is 2.69. The van der Waals surface area contributed by atoms with E-state index in [2.05, 4.69) is 0 Å². The molecule has 3 rings (SSSR count). The minimum absolute atomic E-state index is 0.0312. The van der Waals surface area contributed by atoms with Crippen LogP contribution in [0.15, 0.2) is 42.5 Å². The van der Waals surface area contributed by atoms with Crippen molar-refractivity contribution < 1.29 is 9.59 Å². The molecule has 5 heteroatoms. The van der Waals surface area contributed by atoms with Crippen LogP contribution in [-0.2, 0) is 17.8 Å². The van der Waals surface area contributed by atoms with E-state index in [1.54, 1.807) is 29.8 Å². The van der Waals surface area contributed by atoms with E-state index in [1.165, 1.54) is 0 Å². The lowest BCUT2D eigenvalue weighted by atomic mass is 10.1.